The van der Waals surface area contributed by atoms with Crippen molar-refractivity contribution in [2.24, 2.45) is 0 Å². The van der Waals surface area contributed by atoms with E-state index in [-0.39, 0.29) is 0 Å². The van der Waals surface area contributed by atoms with E-state index in [0.717, 1.165) is 12.0 Å². The molecular weight excluding hydrogens is 140 g/mol. The van der Waals surface area contributed by atoms with Gasteiger partial charge >= 0.3 is 5.97 Å². The van der Waals surface area contributed by atoms with Crippen LogP contribution in [0.2, 0.25) is 0 Å². The Kier molecular flexibility index (Phi) is 4.27. The Bertz CT molecular complexity index is 200. The van der Waals surface area contributed by atoms with E-state index in [4.69, 9.17) is 5.11 Å². The number of carboxylic acids is 1. The molecule has 2 nitrogen and oxygen atoms in total. The molecule has 2 heteroatoms. The van der Waals surface area contributed by atoms with Crippen LogP contribution in [0.4, 0.5) is 0 Å². The summed E-state index contributed by atoms with van der Waals surface area (Å²) in [6.45, 7) is 5.42. The summed E-state index contributed by atoms with van der Waals surface area (Å²) in [5.41, 5.74) is 1.23. The van der Waals surface area contributed by atoms with Gasteiger partial charge < -0.3 is 5.11 Å². The lowest BCUT2D eigenvalue weighted by Crippen LogP contribution is -1.97. The molecule has 0 aromatic rings. The third kappa shape index (κ3) is 3.61. The molecule has 0 atom stereocenters. The van der Waals surface area contributed by atoms with Crippen molar-refractivity contribution in [1.82, 2.24) is 0 Å². The number of allylic oxidation sites excluding steroid dienone is 3. The maximum atomic E-state index is 10.4. The quantitative estimate of drug-likeness (QED) is 0.500. The number of hydrogen-bond acceptors (Lipinski definition) is 1. The molecule has 0 fully saturated rings. The van der Waals surface area contributed by atoms with Gasteiger partial charge in [0.05, 0.1) is 0 Å². The van der Waals surface area contributed by atoms with Crippen molar-refractivity contribution in [3.8, 4) is 0 Å². The fraction of sp³-hybridized carbons (Fsp3) is 0.444. The highest BCUT2D eigenvalue weighted by atomic mass is 16.4. The molecule has 0 bridgehead atoms. The molecule has 0 aliphatic rings. The van der Waals surface area contributed by atoms with Crippen LogP contribution in [-0.4, -0.2) is 11.1 Å². The fourth-order valence-corrected chi connectivity index (χ4v) is 0.588. The van der Waals surface area contributed by atoms with Crippen LogP contribution >= 0.6 is 0 Å². The van der Waals surface area contributed by atoms with E-state index >= 15 is 0 Å². The Morgan fingerprint density at radius 1 is 1.45 bits per heavy atom. The molecule has 11 heavy (non-hydrogen) atoms. The van der Waals surface area contributed by atoms with Crippen molar-refractivity contribution in [3.05, 3.63) is 23.3 Å². The lowest BCUT2D eigenvalue weighted by molar-refractivity contribution is -0.132. The van der Waals surface area contributed by atoms with Gasteiger partial charge in [0.15, 0.2) is 0 Å². The molecule has 0 aliphatic carbocycles. The van der Waals surface area contributed by atoms with Crippen LogP contribution in [0.25, 0.3) is 0 Å². The van der Waals surface area contributed by atoms with Crippen LogP contribution in [0.5, 0.6) is 0 Å². The SMILES string of the molecule is CC/C=C/C(C)=C(\C)C(=O)O. The predicted octanol–water partition coefficient (Wildman–Crippen LogP) is 2.37. The first-order valence-electron chi connectivity index (χ1n) is 3.67. The average molecular weight is 154 g/mol. The second kappa shape index (κ2) is 4.72. The van der Waals surface area contributed by atoms with Gasteiger partial charge in [-0.05, 0) is 25.8 Å². The topological polar surface area (TPSA) is 37.3 Å². The molecule has 0 rings (SSSR count). The third-order valence-corrected chi connectivity index (χ3v) is 1.52. The van der Waals surface area contributed by atoms with Crippen LogP contribution in [0, 0.1) is 0 Å². The molecule has 0 heterocycles. The van der Waals surface area contributed by atoms with E-state index in [0.29, 0.717) is 5.57 Å². The van der Waals surface area contributed by atoms with Crippen LogP contribution in [0.3, 0.4) is 0 Å². The summed E-state index contributed by atoms with van der Waals surface area (Å²) in [6.07, 6.45) is 4.72. The van der Waals surface area contributed by atoms with Crippen molar-refractivity contribution >= 4 is 5.97 Å². The zero-order valence-corrected chi connectivity index (χ0v) is 7.22. The molecule has 0 radical (unpaired) electrons. The molecule has 0 amide bonds. The van der Waals surface area contributed by atoms with E-state index in [2.05, 4.69) is 0 Å². The maximum Gasteiger partial charge on any atom is 0.331 e. The highest BCUT2D eigenvalue weighted by Gasteiger charge is 2.01. The standard InChI is InChI=1S/C9H14O2/c1-4-5-6-7(2)8(3)9(10)11/h5-6H,4H2,1-3H3,(H,10,11)/b6-5+,8-7+. The van der Waals surface area contributed by atoms with Crippen molar-refractivity contribution in [2.45, 2.75) is 27.2 Å². The molecule has 0 aromatic carbocycles. The molecule has 0 unspecified atom stereocenters. The predicted molar refractivity (Wildman–Crippen MR) is 45.4 cm³/mol. The molecule has 0 spiro atoms. The van der Waals surface area contributed by atoms with Crippen molar-refractivity contribution in [2.75, 3.05) is 0 Å². The van der Waals surface area contributed by atoms with E-state index in [9.17, 15) is 4.79 Å². The second-order valence-corrected chi connectivity index (χ2v) is 2.42. The minimum Gasteiger partial charge on any atom is -0.478 e. The lowest BCUT2D eigenvalue weighted by atomic mass is 10.1. The Balaban J connectivity index is 4.40. The summed E-state index contributed by atoms with van der Waals surface area (Å²) < 4.78 is 0. The van der Waals surface area contributed by atoms with Crippen LogP contribution < -0.4 is 0 Å². The first-order chi connectivity index (χ1) is 5.09. The number of rotatable bonds is 3. The highest BCUT2D eigenvalue weighted by Crippen LogP contribution is 2.04. The van der Waals surface area contributed by atoms with Crippen molar-refractivity contribution in [1.29, 1.82) is 0 Å². The van der Waals surface area contributed by atoms with Crippen molar-refractivity contribution in [3.63, 3.8) is 0 Å². The van der Waals surface area contributed by atoms with E-state index < -0.39 is 5.97 Å². The van der Waals surface area contributed by atoms with E-state index in [1.165, 1.54) is 0 Å². The first-order valence-corrected chi connectivity index (χ1v) is 3.67. The molecule has 1 N–H and O–H groups in total. The Morgan fingerprint density at radius 2 is 2.00 bits per heavy atom. The molecule has 0 saturated carbocycles. The average Bonchev–Trinajstić information content (AvgIpc) is 1.98. The minimum atomic E-state index is -0.844. The van der Waals surface area contributed by atoms with E-state index in [1.54, 1.807) is 13.8 Å². The lowest BCUT2D eigenvalue weighted by Gasteiger charge is -1.95. The molecular formula is C9H14O2. The van der Waals surface area contributed by atoms with Gasteiger partial charge in [-0.2, -0.15) is 0 Å². The first kappa shape index (κ1) is 9.95. The number of hydrogen-bond donors (Lipinski definition) is 1. The Hall–Kier alpha value is -1.05. The Morgan fingerprint density at radius 3 is 2.36 bits per heavy atom. The van der Waals surface area contributed by atoms with Crippen LogP contribution in [0.1, 0.15) is 27.2 Å². The van der Waals surface area contributed by atoms with Gasteiger partial charge in [0.25, 0.3) is 0 Å². The monoisotopic (exact) mass is 154 g/mol. The van der Waals surface area contributed by atoms with Crippen LogP contribution in [0.15, 0.2) is 23.3 Å². The summed E-state index contributed by atoms with van der Waals surface area (Å²) in [4.78, 5) is 10.4. The normalized spacial score (nSPS) is 13.4. The molecule has 0 saturated heterocycles. The zero-order valence-electron chi connectivity index (χ0n) is 7.22. The van der Waals surface area contributed by atoms with Crippen LogP contribution in [-0.2, 0) is 4.79 Å². The second-order valence-electron chi connectivity index (χ2n) is 2.42. The zero-order chi connectivity index (χ0) is 8.85. The molecule has 62 valence electrons. The van der Waals surface area contributed by atoms with Gasteiger partial charge in [0, 0.05) is 5.57 Å². The Labute approximate surface area is 67.2 Å². The summed E-state index contributed by atoms with van der Waals surface area (Å²) in [5, 5.41) is 8.56. The van der Waals surface area contributed by atoms with Gasteiger partial charge in [-0.15, -0.1) is 0 Å². The summed E-state index contributed by atoms with van der Waals surface area (Å²) in [7, 11) is 0. The number of aliphatic carboxylic acids is 1. The van der Waals surface area contributed by atoms with Gasteiger partial charge in [0.2, 0.25) is 0 Å². The number of carbonyl (C=O) groups is 1. The third-order valence-electron chi connectivity index (χ3n) is 1.52. The van der Waals surface area contributed by atoms with E-state index in [1.807, 2.05) is 19.1 Å². The van der Waals surface area contributed by atoms with Gasteiger partial charge in [0.1, 0.15) is 0 Å². The fourth-order valence-electron chi connectivity index (χ4n) is 0.588. The maximum absolute atomic E-state index is 10.4. The van der Waals surface area contributed by atoms with Gasteiger partial charge in [-0.25, -0.2) is 4.79 Å². The van der Waals surface area contributed by atoms with Gasteiger partial charge in [-0.1, -0.05) is 19.1 Å². The summed E-state index contributed by atoms with van der Waals surface area (Å²) in [5.74, 6) is -0.844. The molecule has 0 aliphatic heterocycles. The summed E-state index contributed by atoms with van der Waals surface area (Å²) >= 11 is 0. The largest absolute Gasteiger partial charge is 0.478 e. The molecule has 0 aromatic heterocycles. The summed E-state index contributed by atoms with van der Waals surface area (Å²) in [6, 6.07) is 0. The van der Waals surface area contributed by atoms with Gasteiger partial charge in [-0.3, -0.25) is 0 Å². The van der Waals surface area contributed by atoms with Crippen molar-refractivity contribution < 1.29 is 9.90 Å². The smallest absolute Gasteiger partial charge is 0.331 e. The highest BCUT2D eigenvalue weighted by molar-refractivity contribution is 5.87. The minimum absolute atomic E-state index is 0.412. The number of carboxylic acid groups (broad SMARTS) is 1.